The van der Waals surface area contributed by atoms with Gasteiger partial charge in [0.25, 0.3) is 5.95 Å². The van der Waals surface area contributed by atoms with Gasteiger partial charge in [-0.05, 0) is 31.2 Å². The van der Waals surface area contributed by atoms with E-state index < -0.39 is 11.7 Å². The molecule has 0 N–H and O–H groups in total. The summed E-state index contributed by atoms with van der Waals surface area (Å²) >= 11 is 0. The number of anilines is 1. The summed E-state index contributed by atoms with van der Waals surface area (Å²) in [6.07, 6.45) is 4.94. The second-order valence-electron chi connectivity index (χ2n) is 7.38. The topological polar surface area (TPSA) is 50.1 Å². The van der Waals surface area contributed by atoms with Crippen molar-refractivity contribution in [1.82, 2.24) is 24.6 Å². The molecule has 0 radical (unpaired) electrons. The average Bonchev–Trinajstić information content (AvgIpc) is 3.15. The molecule has 3 heterocycles. The summed E-state index contributed by atoms with van der Waals surface area (Å²) < 4.78 is 40.6. The maximum absolute atomic E-state index is 13.0. The third-order valence-corrected chi connectivity index (χ3v) is 5.36. The highest BCUT2D eigenvalue weighted by atomic mass is 19.4. The van der Waals surface area contributed by atoms with Crippen LogP contribution in [0.4, 0.5) is 18.9 Å². The first kappa shape index (κ1) is 21.0. The first-order valence-electron chi connectivity index (χ1n) is 10.0. The Morgan fingerprint density at radius 2 is 1.77 bits per heavy atom. The fourth-order valence-electron chi connectivity index (χ4n) is 3.58. The molecule has 4 rings (SSSR count). The van der Waals surface area contributed by atoms with Crippen molar-refractivity contribution < 1.29 is 13.2 Å². The van der Waals surface area contributed by atoms with Crippen LogP contribution in [0.1, 0.15) is 16.8 Å². The lowest BCUT2D eigenvalue weighted by Gasteiger charge is -2.35. The lowest BCUT2D eigenvalue weighted by molar-refractivity contribution is -0.137. The molecule has 0 amide bonds. The summed E-state index contributed by atoms with van der Waals surface area (Å²) in [5, 5.41) is 4.36. The molecule has 1 fully saturated rings. The van der Waals surface area contributed by atoms with E-state index in [2.05, 4.69) is 26.0 Å². The Labute approximate surface area is 178 Å². The smallest absolute Gasteiger partial charge is 0.369 e. The third kappa shape index (κ3) is 4.93. The van der Waals surface area contributed by atoms with Gasteiger partial charge in [0.2, 0.25) is 0 Å². The molecule has 0 aliphatic carbocycles. The number of halogens is 3. The number of hydrogen-bond acceptors (Lipinski definition) is 5. The van der Waals surface area contributed by atoms with E-state index in [9.17, 15) is 13.2 Å². The average molecular weight is 428 g/mol. The summed E-state index contributed by atoms with van der Waals surface area (Å²) in [5.41, 5.74) is 1.97. The van der Waals surface area contributed by atoms with E-state index in [-0.39, 0.29) is 0 Å². The van der Waals surface area contributed by atoms with Gasteiger partial charge in [0.1, 0.15) is 0 Å². The molecule has 9 heteroatoms. The van der Waals surface area contributed by atoms with Crippen molar-refractivity contribution in [1.29, 1.82) is 0 Å². The SMILES string of the molecule is Cc1c(C=CCN2CCN(c3cccc(C(F)(F)F)c3)CC2)cnn1-c1ncccn1. The number of rotatable bonds is 5. The van der Waals surface area contributed by atoms with Crippen LogP contribution in [0.5, 0.6) is 0 Å². The highest BCUT2D eigenvalue weighted by molar-refractivity contribution is 5.52. The predicted octanol–water partition coefficient (Wildman–Crippen LogP) is 3.82. The number of piperazine rings is 1. The molecule has 1 aromatic carbocycles. The Kier molecular flexibility index (Phi) is 6.03. The van der Waals surface area contributed by atoms with Crippen LogP contribution in [-0.2, 0) is 6.18 Å². The Morgan fingerprint density at radius 1 is 1.03 bits per heavy atom. The van der Waals surface area contributed by atoms with E-state index in [1.165, 1.54) is 12.1 Å². The van der Waals surface area contributed by atoms with Gasteiger partial charge in [-0.2, -0.15) is 18.3 Å². The molecular weight excluding hydrogens is 405 g/mol. The lowest BCUT2D eigenvalue weighted by atomic mass is 10.1. The van der Waals surface area contributed by atoms with Crippen molar-refractivity contribution in [2.75, 3.05) is 37.6 Å². The number of benzene rings is 1. The first-order valence-corrected chi connectivity index (χ1v) is 10.0. The first-order chi connectivity index (χ1) is 14.9. The van der Waals surface area contributed by atoms with Crippen molar-refractivity contribution >= 4 is 11.8 Å². The van der Waals surface area contributed by atoms with Crippen LogP contribution in [0.3, 0.4) is 0 Å². The number of nitrogens with zero attached hydrogens (tertiary/aromatic N) is 6. The second kappa shape index (κ2) is 8.89. The number of alkyl halides is 3. The lowest BCUT2D eigenvalue weighted by Crippen LogP contribution is -2.46. The minimum absolute atomic E-state index is 0.533. The zero-order chi connectivity index (χ0) is 21.8. The summed E-state index contributed by atoms with van der Waals surface area (Å²) in [5.74, 6) is 0.533. The van der Waals surface area contributed by atoms with E-state index in [0.29, 0.717) is 24.7 Å². The van der Waals surface area contributed by atoms with Gasteiger partial charge in [0.05, 0.1) is 17.5 Å². The molecule has 0 atom stereocenters. The Morgan fingerprint density at radius 3 is 2.48 bits per heavy atom. The van der Waals surface area contributed by atoms with Gasteiger partial charge in [0, 0.05) is 56.4 Å². The van der Waals surface area contributed by atoms with Gasteiger partial charge in [-0.1, -0.05) is 18.2 Å². The number of aromatic nitrogens is 4. The van der Waals surface area contributed by atoms with Crippen LogP contribution < -0.4 is 4.90 Å². The van der Waals surface area contributed by atoms with Crippen molar-refractivity contribution in [3.05, 3.63) is 71.8 Å². The Hall–Kier alpha value is -3.20. The number of hydrogen-bond donors (Lipinski definition) is 0. The maximum atomic E-state index is 13.0. The normalized spacial score (nSPS) is 15.7. The minimum atomic E-state index is -4.32. The van der Waals surface area contributed by atoms with Crippen molar-refractivity contribution in [2.45, 2.75) is 13.1 Å². The van der Waals surface area contributed by atoms with Crippen LogP contribution in [-0.4, -0.2) is 57.4 Å². The molecule has 0 saturated carbocycles. The molecule has 162 valence electrons. The zero-order valence-electron chi connectivity index (χ0n) is 17.1. The molecule has 1 aliphatic heterocycles. The summed E-state index contributed by atoms with van der Waals surface area (Å²) in [7, 11) is 0. The fourth-order valence-corrected chi connectivity index (χ4v) is 3.58. The van der Waals surface area contributed by atoms with E-state index in [4.69, 9.17) is 0 Å². The van der Waals surface area contributed by atoms with Gasteiger partial charge >= 0.3 is 6.18 Å². The molecule has 0 bridgehead atoms. The second-order valence-corrected chi connectivity index (χ2v) is 7.38. The summed E-state index contributed by atoms with van der Waals surface area (Å²) in [4.78, 5) is 12.7. The summed E-state index contributed by atoms with van der Waals surface area (Å²) in [6, 6.07) is 7.30. The highest BCUT2D eigenvalue weighted by Gasteiger charge is 2.31. The summed E-state index contributed by atoms with van der Waals surface area (Å²) in [6.45, 7) is 5.70. The molecule has 31 heavy (non-hydrogen) atoms. The Balaban J connectivity index is 1.32. The van der Waals surface area contributed by atoms with Crippen LogP contribution >= 0.6 is 0 Å². The van der Waals surface area contributed by atoms with Crippen molar-refractivity contribution in [2.24, 2.45) is 0 Å². The van der Waals surface area contributed by atoms with Gasteiger partial charge < -0.3 is 4.90 Å². The van der Waals surface area contributed by atoms with Crippen LogP contribution in [0.15, 0.2) is 55.0 Å². The van der Waals surface area contributed by atoms with Gasteiger partial charge in [-0.15, -0.1) is 0 Å². The quantitative estimate of drug-likeness (QED) is 0.618. The molecule has 0 unspecified atom stereocenters. The monoisotopic (exact) mass is 428 g/mol. The molecule has 0 spiro atoms. The maximum Gasteiger partial charge on any atom is 0.416 e. The zero-order valence-corrected chi connectivity index (χ0v) is 17.1. The predicted molar refractivity (Wildman–Crippen MR) is 113 cm³/mol. The molecule has 2 aromatic heterocycles. The van der Waals surface area contributed by atoms with Crippen LogP contribution in [0.2, 0.25) is 0 Å². The van der Waals surface area contributed by atoms with Gasteiger partial charge in [-0.25, -0.2) is 14.6 Å². The molecule has 1 aliphatic rings. The van der Waals surface area contributed by atoms with E-state index in [1.807, 2.05) is 17.9 Å². The van der Waals surface area contributed by atoms with Crippen LogP contribution in [0.25, 0.3) is 12.0 Å². The van der Waals surface area contributed by atoms with Gasteiger partial charge in [0.15, 0.2) is 0 Å². The standard InChI is InChI=1S/C22H23F3N6/c1-17-18(16-28-31(17)21-26-8-4-9-27-21)5-3-10-29-11-13-30(14-12-29)20-7-2-6-19(15-20)22(23,24)25/h2-9,15-16H,10-14H2,1H3. The Bertz CT molecular complexity index is 1040. The van der Waals surface area contributed by atoms with Gasteiger partial charge in [-0.3, -0.25) is 4.90 Å². The third-order valence-electron chi connectivity index (χ3n) is 5.36. The van der Waals surface area contributed by atoms with E-state index >= 15 is 0 Å². The van der Waals surface area contributed by atoms with Crippen LogP contribution in [0, 0.1) is 6.92 Å². The fraction of sp³-hybridized carbons (Fsp3) is 0.318. The van der Waals surface area contributed by atoms with Crippen molar-refractivity contribution in [3.8, 4) is 5.95 Å². The highest BCUT2D eigenvalue weighted by Crippen LogP contribution is 2.31. The van der Waals surface area contributed by atoms with Crippen molar-refractivity contribution in [3.63, 3.8) is 0 Å². The molecule has 3 aromatic rings. The molecular formula is C22H23F3N6. The molecule has 1 saturated heterocycles. The molecule has 6 nitrogen and oxygen atoms in total. The van der Waals surface area contributed by atoms with E-state index in [0.717, 1.165) is 37.0 Å². The van der Waals surface area contributed by atoms with E-state index in [1.54, 1.807) is 35.4 Å². The largest absolute Gasteiger partial charge is 0.416 e. The minimum Gasteiger partial charge on any atom is -0.369 e.